The summed E-state index contributed by atoms with van der Waals surface area (Å²) in [5, 5.41) is 0.723. The van der Waals surface area contributed by atoms with Crippen LogP contribution in [0.4, 0.5) is 9.39 Å². The minimum Gasteiger partial charge on any atom is -0.299 e. The van der Waals surface area contributed by atoms with E-state index in [1.807, 2.05) is 6.92 Å². The van der Waals surface area contributed by atoms with Gasteiger partial charge in [0.2, 0.25) is 0 Å². The molecule has 2 aromatic rings. The molecule has 1 aromatic heterocycles. The Morgan fingerprint density at radius 2 is 2.24 bits per heavy atom. The lowest BCUT2D eigenvalue weighted by molar-refractivity contribution is 0.0985. The molecule has 1 aromatic carbocycles. The lowest BCUT2D eigenvalue weighted by atomic mass is 10.2. The Morgan fingerprint density at radius 3 is 2.82 bits per heavy atom. The van der Waals surface area contributed by atoms with Crippen LogP contribution in [0.1, 0.15) is 17.3 Å². The first-order valence-electron chi connectivity index (χ1n) is 5.19. The SMILES string of the molecule is CCN(C(=O)c1ccccc1F)c1cncs1. The van der Waals surface area contributed by atoms with Gasteiger partial charge in [0.1, 0.15) is 10.8 Å². The van der Waals surface area contributed by atoms with E-state index in [1.54, 1.807) is 23.8 Å². The largest absolute Gasteiger partial charge is 0.299 e. The second kappa shape index (κ2) is 5.05. The minimum absolute atomic E-state index is 0.0859. The molecule has 88 valence electrons. The van der Waals surface area contributed by atoms with Gasteiger partial charge in [0.25, 0.3) is 5.91 Å². The fraction of sp³-hybridized carbons (Fsp3) is 0.167. The number of halogens is 1. The number of hydrogen-bond acceptors (Lipinski definition) is 3. The zero-order chi connectivity index (χ0) is 12.3. The maximum absolute atomic E-state index is 13.5. The van der Waals surface area contributed by atoms with Gasteiger partial charge < -0.3 is 0 Å². The van der Waals surface area contributed by atoms with E-state index in [0.29, 0.717) is 6.54 Å². The van der Waals surface area contributed by atoms with Crippen LogP contribution in [0.15, 0.2) is 36.0 Å². The molecular formula is C12H11FN2OS. The van der Waals surface area contributed by atoms with Crippen LogP contribution in [0.2, 0.25) is 0 Å². The number of anilines is 1. The summed E-state index contributed by atoms with van der Waals surface area (Å²) in [6.45, 7) is 2.33. The van der Waals surface area contributed by atoms with Gasteiger partial charge >= 0.3 is 0 Å². The summed E-state index contributed by atoms with van der Waals surface area (Å²) in [5.41, 5.74) is 1.73. The van der Waals surface area contributed by atoms with E-state index in [2.05, 4.69) is 4.98 Å². The Hall–Kier alpha value is -1.75. The van der Waals surface area contributed by atoms with Gasteiger partial charge in [0.05, 0.1) is 17.3 Å². The van der Waals surface area contributed by atoms with Crippen molar-refractivity contribution in [2.45, 2.75) is 6.92 Å². The lowest BCUT2D eigenvalue weighted by Crippen LogP contribution is -2.30. The van der Waals surface area contributed by atoms with Gasteiger partial charge in [-0.2, -0.15) is 0 Å². The molecule has 3 nitrogen and oxygen atoms in total. The molecule has 0 bridgehead atoms. The maximum Gasteiger partial charge on any atom is 0.261 e. The zero-order valence-corrected chi connectivity index (χ0v) is 10.1. The highest BCUT2D eigenvalue weighted by Gasteiger charge is 2.19. The molecule has 0 saturated carbocycles. The molecule has 1 heterocycles. The smallest absolute Gasteiger partial charge is 0.261 e. The summed E-state index contributed by atoms with van der Waals surface area (Å²) in [6.07, 6.45) is 1.60. The van der Waals surface area contributed by atoms with E-state index in [4.69, 9.17) is 0 Å². The monoisotopic (exact) mass is 250 g/mol. The Balaban J connectivity index is 2.34. The van der Waals surface area contributed by atoms with Gasteiger partial charge in [-0.15, -0.1) is 11.3 Å². The summed E-state index contributed by atoms with van der Waals surface area (Å²) in [6, 6.07) is 5.99. The number of carbonyl (C=O) groups excluding carboxylic acids is 1. The highest BCUT2D eigenvalue weighted by molar-refractivity contribution is 7.14. The van der Waals surface area contributed by atoms with Crippen molar-refractivity contribution in [2.24, 2.45) is 0 Å². The van der Waals surface area contributed by atoms with E-state index >= 15 is 0 Å². The zero-order valence-electron chi connectivity index (χ0n) is 9.26. The van der Waals surface area contributed by atoms with Crippen molar-refractivity contribution < 1.29 is 9.18 Å². The fourth-order valence-corrected chi connectivity index (χ4v) is 2.21. The highest BCUT2D eigenvalue weighted by atomic mass is 32.1. The normalized spacial score (nSPS) is 10.2. The third-order valence-electron chi connectivity index (χ3n) is 2.35. The van der Waals surface area contributed by atoms with Crippen LogP contribution >= 0.6 is 11.3 Å². The van der Waals surface area contributed by atoms with E-state index in [-0.39, 0.29) is 11.5 Å². The summed E-state index contributed by atoms with van der Waals surface area (Å²) in [4.78, 5) is 17.6. The molecule has 5 heteroatoms. The van der Waals surface area contributed by atoms with Gasteiger partial charge in [0, 0.05) is 6.54 Å². The molecule has 0 unspecified atom stereocenters. The number of benzene rings is 1. The molecule has 0 spiro atoms. The Labute approximate surface area is 103 Å². The number of aromatic nitrogens is 1. The molecule has 0 radical (unpaired) electrons. The predicted octanol–water partition coefficient (Wildman–Crippen LogP) is 2.95. The van der Waals surface area contributed by atoms with E-state index in [0.717, 1.165) is 5.00 Å². The summed E-state index contributed by atoms with van der Waals surface area (Å²) >= 11 is 1.36. The van der Waals surface area contributed by atoms with Crippen molar-refractivity contribution in [2.75, 3.05) is 11.4 Å². The molecule has 0 aliphatic carbocycles. The number of thiazole rings is 1. The summed E-state index contributed by atoms with van der Waals surface area (Å²) < 4.78 is 13.5. The van der Waals surface area contributed by atoms with E-state index in [9.17, 15) is 9.18 Å². The molecule has 0 fully saturated rings. The van der Waals surface area contributed by atoms with Crippen molar-refractivity contribution in [3.05, 3.63) is 47.4 Å². The first kappa shape index (κ1) is 11.7. The van der Waals surface area contributed by atoms with Gasteiger partial charge in [-0.25, -0.2) is 4.39 Å². The van der Waals surface area contributed by atoms with Crippen LogP contribution in [0.5, 0.6) is 0 Å². The van der Waals surface area contributed by atoms with Crippen LogP contribution < -0.4 is 4.90 Å². The molecule has 0 aliphatic heterocycles. The van der Waals surface area contributed by atoms with Crippen molar-refractivity contribution in [1.82, 2.24) is 4.98 Å². The number of hydrogen-bond donors (Lipinski definition) is 0. The lowest BCUT2D eigenvalue weighted by Gasteiger charge is -2.18. The van der Waals surface area contributed by atoms with E-state index < -0.39 is 5.82 Å². The number of rotatable bonds is 3. The fourth-order valence-electron chi connectivity index (χ4n) is 1.52. The van der Waals surface area contributed by atoms with Gasteiger partial charge in [-0.3, -0.25) is 14.7 Å². The minimum atomic E-state index is -0.500. The van der Waals surface area contributed by atoms with Gasteiger partial charge in [0.15, 0.2) is 0 Å². The number of carbonyl (C=O) groups is 1. The Bertz CT molecular complexity index is 513. The van der Waals surface area contributed by atoms with Crippen LogP contribution in [0, 0.1) is 5.82 Å². The van der Waals surface area contributed by atoms with Crippen LogP contribution in [0.25, 0.3) is 0 Å². The molecule has 0 atom stereocenters. The van der Waals surface area contributed by atoms with Crippen LogP contribution in [0.3, 0.4) is 0 Å². The summed E-state index contributed by atoms with van der Waals surface area (Å²) in [5.74, 6) is -0.838. The van der Waals surface area contributed by atoms with E-state index in [1.165, 1.54) is 28.4 Å². The van der Waals surface area contributed by atoms with Crippen LogP contribution in [-0.4, -0.2) is 17.4 Å². The first-order valence-corrected chi connectivity index (χ1v) is 6.07. The van der Waals surface area contributed by atoms with Crippen molar-refractivity contribution in [3.63, 3.8) is 0 Å². The number of nitrogens with zero attached hydrogens (tertiary/aromatic N) is 2. The third kappa shape index (κ3) is 2.34. The van der Waals surface area contributed by atoms with Crippen LogP contribution in [-0.2, 0) is 0 Å². The summed E-state index contributed by atoms with van der Waals surface area (Å²) in [7, 11) is 0. The average Bonchev–Trinajstić information content (AvgIpc) is 2.84. The number of amides is 1. The topological polar surface area (TPSA) is 33.2 Å². The molecular weight excluding hydrogens is 239 g/mol. The third-order valence-corrected chi connectivity index (χ3v) is 3.15. The average molecular weight is 250 g/mol. The molecule has 2 rings (SSSR count). The highest BCUT2D eigenvalue weighted by Crippen LogP contribution is 2.22. The van der Waals surface area contributed by atoms with Crippen molar-refractivity contribution in [1.29, 1.82) is 0 Å². The molecule has 0 aliphatic rings. The van der Waals surface area contributed by atoms with Crippen molar-refractivity contribution >= 4 is 22.2 Å². The first-order chi connectivity index (χ1) is 8.24. The molecule has 1 amide bonds. The second-order valence-corrected chi connectivity index (χ2v) is 4.23. The van der Waals surface area contributed by atoms with Crippen molar-refractivity contribution in [3.8, 4) is 0 Å². The standard InChI is InChI=1S/C12H11FN2OS/c1-2-15(11-7-14-8-17-11)12(16)9-5-3-4-6-10(9)13/h3-8H,2H2,1H3. The van der Waals surface area contributed by atoms with Gasteiger partial charge in [-0.1, -0.05) is 12.1 Å². The molecule has 17 heavy (non-hydrogen) atoms. The molecule has 0 saturated heterocycles. The maximum atomic E-state index is 13.5. The Kier molecular flexibility index (Phi) is 3.49. The quantitative estimate of drug-likeness (QED) is 0.839. The second-order valence-electron chi connectivity index (χ2n) is 3.37. The predicted molar refractivity (Wildman–Crippen MR) is 65.9 cm³/mol. The Morgan fingerprint density at radius 1 is 1.47 bits per heavy atom. The molecule has 0 N–H and O–H groups in total. The van der Waals surface area contributed by atoms with Gasteiger partial charge in [-0.05, 0) is 19.1 Å².